The number of carbonyl (C=O) groups excluding carboxylic acids is 1. The average molecular weight is 434 g/mol. The van der Waals surface area contributed by atoms with Gasteiger partial charge in [0, 0.05) is 29.4 Å². The van der Waals surface area contributed by atoms with Gasteiger partial charge in [-0.1, -0.05) is 0 Å². The molecule has 2 aliphatic rings. The number of ether oxygens (including phenoxy) is 1. The Balaban J connectivity index is 1.34. The predicted molar refractivity (Wildman–Crippen MR) is 114 cm³/mol. The highest BCUT2D eigenvalue weighted by molar-refractivity contribution is 7.99. The Morgan fingerprint density at radius 1 is 1.23 bits per heavy atom. The molecule has 0 spiro atoms. The number of hydrogen-bond acceptors (Lipinski definition) is 8. The van der Waals surface area contributed by atoms with E-state index in [1.165, 1.54) is 11.8 Å². The summed E-state index contributed by atoms with van der Waals surface area (Å²) >= 11 is 1.40. The van der Waals surface area contributed by atoms with Crippen LogP contribution in [0.2, 0.25) is 0 Å². The van der Waals surface area contributed by atoms with E-state index in [0.717, 1.165) is 44.6 Å². The van der Waals surface area contributed by atoms with Gasteiger partial charge >= 0.3 is 0 Å². The minimum Gasteiger partial charge on any atom is -0.497 e. The highest BCUT2D eigenvalue weighted by atomic mass is 32.2. The molecule has 4 aromatic rings. The molecule has 5 heterocycles. The fourth-order valence-electron chi connectivity index (χ4n) is 4.10. The van der Waals surface area contributed by atoms with Gasteiger partial charge in [0.2, 0.25) is 0 Å². The SMILES string of the molecule is COc1ccc2nc(Sc3ccc(C4C5=C(CNCC5=O)Nc5[nH]ncc54)o3)[nH]c2c1. The summed E-state index contributed by atoms with van der Waals surface area (Å²) in [5.74, 6) is 2.02. The van der Waals surface area contributed by atoms with Gasteiger partial charge in [-0.25, -0.2) is 4.98 Å². The van der Waals surface area contributed by atoms with E-state index in [1.54, 1.807) is 13.3 Å². The molecule has 0 radical (unpaired) electrons. The van der Waals surface area contributed by atoms with Gasteiger partial charge in [-0.05, 0) is 36.0 Å². The van der Waals surface area contributed by atoms with Crippen LogP contribution in [0.25, 0.3) is 11.0 Å². The van der Waals surface area contributed by atoms with E-state index in [1.807, 2.05) is 30.3 Å². The van der Waals surface area contributed by atoms with Crippen LogP contribution in [-0.2, 0) is 4.79 Å². The Bertz CT molecular complexity index is 1350. The van der Waals surface area contributed by atoms with Crippen molar-refractivity contribution in [1.82, 2.24) is 25.5 Å². The molecular formula is C21H18N6O3S. The molecule has 0 bridgehead atoms. The Morgan fingerprint density at radius 3 is 3.06 bits per heavy atom. The van der Waals surface area contributed by atoms with Gasteiger partial charge in [0.25, 0.3) is 0 Å². The summed E-state index contributed by atoms with van der Waals surface area (Å²) in [4.78, 5) is 20.6. The number of Topliss-reactive ketones (excluding diaryl/α,β-unsaturated/α-hetero) is 1. The molecule has 1 atom stereocenters. The molecule has 0 amide bonds. The molecule has 0 aliphatic carbocycles. The average Bonchev–Trinajstić information content (AvgIpc) is 3.51. The third-order valence-corrected chi connectivity index (χ3v) is 6.32. The van der Waals surface area contributed by atoms with Crippen LogP contribution in [0.5, 0.6) is 5.75 Å². The molecule has 0 saturated heterocycles. The van der Waals surface area contributed by atoms with Gasteiger partial charge < -0.3 is 24.8 Å². The smallest absolute Gasteiger partial charge is 0.175 e. The number of nitrogens with one attached hydrogen (secondary N) is 4. The van der Waals surface area contributed by atoms with E-state index in [4.69, 9.17) is 9.15 Å². The Morgan fingerprint density at radius 2 is 2.16 bits per heavy atom. The van der Waals surface area contributed by atoms with Crippen LogP contribution < -0.4 is 15.4 Å². The normalized spacial score (nSPS) is 18.1. The zero-order valence-electron chi connectivity index (χ0n) is 16.5. The summed E-state index contributed by atoms with van der Waals surface area (Å²) in [5.41, 5.74) is 4.23. The number of H-pyrrole nitrogens is 2. The summed E-state index contributed by atoms with van der Waals surface area (Å²) in [6.07, 6.45) is 1.74. The molecule has 31 heavy (non-hydrogen) atoms. The highest BCUT2D eigenvalue weighted by Gasteiger charge is 2.37. The summed E-state index contributed by atoms with van der Waals surface area (Å²) in [7, 11) is 1.64. The lowest BCUT2D eigenvalue weighted by Crippen LogP contribution is -2.39. The van der Waals surface area contributed by atoms with E-state index in [2.05, 4.69) is 30.8 Å². The number of rotatable bonds is 4. The van der Waals surface area contributed by atoms with Crippen molar-refractivity contribution in [3.05, 3.63) is 59.1 Å². The first kappa shape index (κ1) is 18.3. The molecule has 156 valence electrons. The van der Waals surface area contributed by atoms with Gasteiger partial charge in [-0.2, -0.15) is 5.10 Å². The number of imidazole rings is 1. The Kier molecular flexibility index (Phi) is 4.15. The molecule has 0 saturated carbocycles. The van der Waals surface area contributed by atoms with Crippen molar-refractivity contribution in [2.24, 2.45) is 0 Å². The number of aromatic nitrogens is 4. The van der Waals surface area contributed by atoms with Gasteiger partial charge in [0.15, 0.2) is 16.0 Å². The third-order valence-electron chi connectivity index (χ3n) is 5.51. The summed E-state index contributed by atoms with van der Waals surface area (Å²) < 4.78 is 11.5. The number of fused-ring (bicyclic) bond motifs is 2. The first-order valence-electron chi connectivity index (χ1n) is 9.78. The molecule has 2 aliphatic heterocycles. The monoisotopic (exact) mass is 434 g/mol. The molecule has 0 fully saturated rings. The largest absolute Gasteiger partial charge is 0.497 e. The quantitative estimate of drug-likeness (QED) is 0.387. The Hall–Kier alpha value is -3.50. The van der Waals surface area contributed by atoms with Crippen LogP contribution in [0.15, 0.2) is 62.5 Å². The van der Waals surface area contributed by atoms with Crippen LogP contribution in [0, 0.1) is 0 Å². The van der Waals surface area contributed by atoms with E-state index >= 15 is 0 Å². The minimum atomic E-state index is -0.297. The molecule has 4 N–H and O–H groups in total. The van der Waals surface area contributed by atoms with Crippen molar-refractivity contribution in [3.63, 3.8) is 0 Å². The fraction of sp³-hybridized carbons (Fsp3) is 0.190. The van der Waals surface area contributed by atoms with Crippen LogP contribution in [-0.4, -0.2) is 46.1 Å². The summed E-state index contributed by atoms with van der Waals surface area (Å²) in [6, 6.07) is 9.52. The van der Waals surface area contributed by atoms with Crippen molar-refractivity contribution in [3.8, 4) is 5.75 Å². The lowest BCUT2D eigenvalue weighted by atomic mass is 9.82. The molecule has 10 heteroatoms. The van der Waals surface area contributed by atoms with Crippen LogP contribution in [0.1, 0.15) is 17.2 Å². The molecule has 3 aromatic heterocycles. The summed E-state index contributed by atoms with van der Waals surface area (Å²) in [5, 5.41) is 14.9. The van der Waals surface area contributed by atoms with Crippen molar-refractivity contribution in [1.29, 1.82) is 0 Å². The van der Waals surface area contributed by atoms with Crippen LogP contribution >= 0.6 is 11.8 Å². The number of methoxy groups -OCH3 is 1. The molecule has 6 rings (SSSR count). The lowest BCUT2D eigenvalue weighted by molar-refractivity contribution is -0.115. The van der Waals surface area contributed by atoms with E-state index in [9.17, 15) is 4.79 Å². The maximum atomic E-state index is 12.7. The first-order chi connectivity index (χ1) is 15.2. The summed E-state index contributed by atoms with van der Waals surface area (Å²) in [6.45, 7) is 0.912. The van der Waals surface area contributed by atoms with Crippen LogP contribution in [0.3, 0.4) is 0 Å². The molecule has 1 aromatic carbocycles. The lowest BCUT2D eigenvalue weighted by Gasteiger charge is -2.30. The standard InChI is InChI=1S/C21H18N6O3S/c1-29-10-2-3-12-13(6-10)26-21(25-12)31-17-5-4-16(30-17)18-11-7-23-27-20(11)24-14-8-22-9-15(28)19(14)18/h2-7,18,22H,8-9H2,1H3,(H,25,26)(H2,23,24,27). The first-order valence-corrected chi connectivity index (χ1v) is 10.6. The number of nitrogens with zero attached hydrogens (tertiary/aromatic N) is 2. The second kappa shape index (κ2) is 7.03. The number of carbonyl (C=O) groups is 1. The second-order valence-corrected chi connectivity index (χ2v) is 8.35. The number of anilines is 1. The van der Waals surface area contributed by atoms with E-state index in [-0.39, 0.29) is 11.7 Å². The van der Waals surface area contributed by atoms with E-state index in [0.29, 0.717) is 23.9 Å². The van der Waals surface area contributed by atoms with Gasteiger partial charge in [-0.3, -0.25) is 9.89 Å². The Labute approximate surface area is 180 Å². The van der Waals surface area contributed by atoms with Crippen molar-refractivity contribution >= 4 is 34.4 Å². The maximum Gasteiger partial charge on any atom is 0.175 e. The zero-order chi connectivity index (χ0) is 20.9. The van der Waals surface area contributed by atoms with Crippen LogP contribution in [0.4, 0.5) is 5.82 Å². The maximum absolute atomic E-state index is 12.7. The molecule has 1 unspecified atom stereocenters. The number of furan rings is 1. The minimum absolute atomic E-state index is 0.0578. The number of ketones is 1. The third kappa shape index (κ3) is 3.03. The molecular weight excluding hydrogens is 416 g/mol. The van der Waals surface area contributed by atoms with Gasteiger partial charge in [0.05, 0.1) is 36.8 Å². The molecule has 9 nitrogen and oxygen atoms in total. The number of hydrogen-bond donors (Lipinski definition) is 4. The second-order valence-electron chi connectivity index (χ2n) is 7.36. The topological polar surface area (TPSA) is 121 Å². The van der Waals surface area contributed by atoms with Crippen molar-refractivity contribution in [2.45, 2.75) is 16.2 Å². The van der Waals surface area contributed by atoms with Gasteiger partial charge in [0.1, 0.15) is 17.3 Å². The van der Waals surface area contributed by atoms with E-state index < -0.39 is 0 Å². The highest BCUT2D eigenvalue weighted by Crippen LogP contribution is 2.43. The zero-order valence-corrected chi connectivity index (χ0v) is 17.3. The number of benzene rings is 1. The fourth-order valence-corrected chi connectivity index (χ4v) is 4.87. The van der Waals surface area contributed by atoms with Crippen molar-refractivity contribution in [2.75, 3.05) is 25.5 Å². The van der Waals surface area contributed by atoms with Gasteiger partial charge in [-0.15, -0.1) is 0 Å². The number of aromatic amines is 2. The predicted octanol–water partition coefficient (Wildman–Crippen LogP) is 3.02. The van der Waals surface area contributed by atoms with Crippen molar-refractivity contribution < 1.29 is 13.9 Å².